The van der Waals surface area contributed by atoms with E-state index in [2.05, 4.69) is 20.3 Å². The fourth-order valence-corrected chi connectivity index (χ4v) is 3.91. The SMILES string of the molecule is CSc1nccn1-c1cccc(C(=O)Nc2ccc(-n3cnc4ccccc43)nc2)c1. The Morgan fingerprint density at radius 3 is 2.71 bits per heavy atom. The molecule has 7 nitrogen and oxygen atoms in total. The Kier molecular flexibility index (Phi) is 4.97. The lowest BCUT2D eigenvalue weighted by Gasteiger charge is -2.10. The lowest BCUT2D eigenvalue weighted by atomic mass is 10.2. The number of anilines is 1. The van der Waals surface area contributed by atoms with Crippen molar-refractivity contribution in [3.63, 3.8) is 0 Å². The third-order valence-corrected chi connectivity index (χ3v) is 5.55. The largest absolute Gasteiger partial charge is 0.321 e. The standard InChI is InChI=1S/C23H18N6OS/c1-31-23-24-11-12-28(23)18-6-4-5-16(13-18)22(30)27-17-9-10-21(25-14-17)29-15-26-19-7-2-3-8-20(19)29/h2-15H,1H3,(H,27,30). The lowest BCUT2D eigenvalue weighted by molar-refractivity contribution is 0.102. The quantitative estimate of drug-likeness (QED) is 0.416. The number of fused-ring (bicyclic) bond motifs is 1. The molecule has 3 heterocycles. The Bertz CT molecular complexity index is 1370. The van der Waals surface area contributed by atoms with E-state index >= 15 is 0 Å². The molecule has 0 spiro atoms. The van der Waals surface area contributed by atoms with Gasteiger partial charge in [0.15, 0.2) is 5.16 Å². The third-order valence-electron chi connectivity index (χ3n) is 4.88. The van der Waals surface area contributed by atoms with E-state index in [-0.39, 0.29) is 5.91 Å². The lowest BCUT2D eigenvalue weighted by Crippen LogP contribution is -2.12. The summed E-state index contributed by atoms with van der Waals surface area (Å²) in [6.45, 7) is 0. The number of nitrogens with one attached hydrogen (secondary N) is 1. The second-order valence-electron chi connectivity index (χ2n) is 6.80. The van der Waals surface area contributed by atoms with Gasteiger partial charge in [-0.1, -0.05) is 30.0 Å². The van der Waals surface area contributed by atoms with Gasteiger partial charge in [0.1, 0.15) is 12.1 Å². The molecular weight excluding hydrogens is 408 g/mol. The number of pyridine rings is 1. The van der Waals surface area contributed by atoms with Gasteiger partial charge >= 0.3 is 0 Å². The highest BCUT2D eigenvalue weighted by molar-refractivity contribution is 7.98. The first-order chi connectivity index (χ1) is 15.2. The Balaban J connectivity index is 1.36. The van der Waals surface area contributed by atoms with E-state index in [0.29, 0.717) is 11.3 Å². The minimum atomic E-state index is -0.199. The van der Waals surface area contributed by atoms with Gasteiger partial charge in [0.05, 0.1) is 22.9 Å². The summed E-state index contributed by atoms with van der Waals surface area (Å²) < 4.78 is 3.87. The van der Waals surface area contributed by atoms with Gasteiger partial charge in [-0.25, -0.2) is 15.0 Å². The van der Waals surface area contributed by atoms with Gasteiger partial charge in [-0.2, -0.15) is 0 Å². The third kappa shape index (κ3) is 3.69. The minimum absolute atomic E-state index is 0.199. The molecule has 0 aliphatic carbocycles. The van der Waals surface area contributed by atoms with E-state index in [0.717, 1.165) is 27.7 Å². The molecule has 0 unspecified atom stereocenters. The van der Waals surface area contributed by atoms with E-state index < -0.39 is 0 Å². The van der Waals surface area contributed by atoms with Crippen molar-refractivity contribution >= 4 is 34.4 Å². The number of imidazole rings is 2. The second-order valence-corrected chi connectivity index (χ2v) is 7.57. The molecule has 1 amide bonds. The zero-order valence-corrected chi connectivity index (χ0v) is 17.5. The average Bonchev–Trinajstić information content (AvgIpc) is 3.47. The molecule has 5 rings (SSSR count). The number of nitrogens with zero attached hydrogens (tertiary/aromatic N) is 5. The molecule has 0 fully saturated rings. The molecule has 0 aliphatic heterocycles. The van der Waals surface area contributed by atoms with Crippen molar-refractivity contribution in [3.05, 3.63) is 91.1 Å². The molecule has 5 aromatic rings. The van der Waals surface area contributed by atoms with Crippen LogP contribution in [0.4, 0.5) is 5.69 Å². The van der Waals surface area contributed by atoms with Crippen molar-refractivity contribution in [1.29, 1.82) is 0 Å². The predicted molar refractivity (Wildman–Crippen MR) is 122 cm³/mol. The number of benzene rings is 2. The average molecular weight is 427 g/mol. The minimum Gasteiger partial charge on any atom is -0.321 e. The van der Waals surface area contributed by atoms with E-state index in [4.69, 9.17) is 0 Å². The van der Waals surface area contributed by atoms with Crippen LogP contribution in [-0.2, 0) is 0 Å². The van der Waals surface area contributed by atoms with Gasteiger partial charge in [-0.3, -0.25) is 13.9 Å². The molecule has 0 atom stereocenters. The van der Waals surface area contributed by atoms with E-state index in [1.165, 1.54) is 0 Å². The number of amides is 1. The van der Waals surface area contributed by atoms with Crippen LogP contribution in [0.5, 0.6) is 0 Å². The Hall–Kier alpha value is -3.91. The number of thioether (sulfide) groups is 1. The maximum absolute atomic E-state index is 12.8. The molecule has 2 aromatic carbocycles. The van der Waals surface area contributed by atoms with Gasteiger partial charge < -0.3 is 5.32 Å². The molecule has 1 N–H and O–H groups in total. The first-order valence-electron chi connectivity index (χ1n) is 9.60. The van der Waals surface area contributed by atoms with Gasteiger partial charge in [0, 0.05) is 23.6 Å². The zero-order valence-electron chi connectivity index (χ0n) is 16.6. The van der Waals surface area contributed by atoms with Crippen LogP contribution in [0, 0.1) is 0 Å². The van der Waals surface area contributed by atoms with Crippen LogP contribution in [0.3, 0.4) is 0 Å². The highest BCUT2D eigenvalue weighted by Crippen LogP contribution is 2.20. The number of carbonyl (C=O) groups is 1. The van der Waals surface area contributed by atoms with E-state index in [9.17, 15) is 4.79 Å². The Labute approximate surface area is 182 Å². The summed E-state index contributed by atoms with van der Waals surface area (Å²) in [6, 6.07) is 19.0. The van der Waals surface area contributed by atoms with Crippen molar-refractivity contribution in [2.45, 2.75) is 5.16 Å². The second kappa shape index (κ2) is 8.08. The molecule has 31 heavy (non-hydrogen) atoms. The van der Waals surface area contributed by atoms with Gasteiger partial charge in [0.2, 0.25) is 0 Å². The Morgan fingerprint density at radius 1 is 0.968 bits per heavy atom. The molecule has 0 aliphatic rings. The van der Waals surface area contributed by atoms with Crippen LogP contribution in [0.25, 0.3) is 22.5 Å². The van der Waals surface area contributed by atoms with Crippen LogP contribution in [0.15, 0.2) is 90.7 Å². The number of aromatic nitrogens is 5. The van der Waals surface area contributed by atoms with Crippen molar-refractivity contribution < 1.29 is 4.79 Å². The first-order valence-corrected chi connectivity index (χ1v) is 10.8. The summed E-state index contributed by atoms with van der Waals surface area (Å²) in [6.07, 6.45) is 8.99. The zero-order chi connectivity index (χ0) is 21.2. The van der Waals surface area contributed by atoms with Crippen molar-refractivity contribution in [1.82, 2.24) is 24.1 Å². The fourth-order valence-electron chi connectivity index (χ4n) is 3.38. The predicted octanol–water partition coefficient (Wildman–Crippen LogP) is 4.58. The highest BCUT2D eigenvalue weighted by atomic mass is 32.2. The summed E-state index contributed by atoms with van der Waals surface area (Å²) >= 11 is 1.55. The summed E-state index contributed by atoms with van der Waals surface area (Å²) in [4.78, 5) is 26.0. The van der Waals surface area contributed by atoms with Crippen molar-refractivity contribution in [2.75, 3.05) is 11.6 Å². The van der Waals surface area contributed by atoms with Crippen LogP contribution in [-0.4, -0.2) is 36.2 Å². The molecule has 0 saturated heterocycles. The molecule has 0 saturated carbocycles. The molecular formula is C23H18N6OS. The maximum Gasteiger partial charge on any atom is 0.255 e. The van der Waals surface area contributed by atoms with Crippen LogP contribution < -0.4 is 5.32 Å². The first kappa shape index (κ1) is 19.1. The monoisotopic (exact) mass is 426 g/mol. The summed E-state index contributed by atoms with van der Waals surface area (Å²) in [5, 5.41) is 3.78. The summed E-state index contributed by atoms with van der Waals surface area (Å²) in [7, 11) is 0. The van der Waals surface area contributed by atoms with Crippen LogP contribution in [0.1, 0.15) is 10.4 Å². The fraction of sp³-hybridized carbons (Fsp3) is 0.0435. The van der Waals surface area contributed by atoms with Crippen LogP contribution >= 0.6 is 11.8 Å². The topological polar surface area (TPSA) is 77.6 Å². The van der Waals surface area contributed by atoms with Gasteiger partial charge in [-0.05, 0) is 48.7 Å². The molecule has 3 aromatic heterocycles. The molecule has 152 valence electrons. The molecule has 0 radical (unpaired) electrons. The van der Waals surface area contributed by atoms with Crippen LogP contribution in [0.2, 0.25) is 0 Å². The number of rotatable bonds is 5. The number of carbonyl (C=O) groups excluding carboxylic acids is 1. The van der Waals surface area contributed by atoms with Gasteiger partial charge in [0.25, 0.3) is 5.91 Å². The number of hydrogen-bond acceptors (Lipinski definition) is 5. The highest BCUT2D eigenvalue weighted by Gasteiger charge is 2.11. The summed E-state index contributed by atoms with van der Waals surface area (Å²) in [5.41, 5.74) is 3.95. The Morgan fingerprint density at radius 2 is 1.87 bits per heavy atom. The molecule has 8 heteroatoms. The van der Waals surface area contributed by atoms with E-state index in [1.54, 1.807) is 36.5 Å². The van der Waals surface area contributed by atoms with E-state index in [1.807, 2.05) is 76.2 Å². The normalized spacial score (nSPS) is 11.0. The number of hydrogen-bond donors (Lipinski definition) is 1. The van der Waals surface area contributed by atoms with Crippen molar-refractivity contribution in [2.24, 2.45) is 0 Å². The number of para-hydroxylation sites is 2. The summed E-state index contributed by atoms with van der Waals surface area (Å²) in [5.74, 6) is 0.536. The molecule has 0 bridgehead atoms. The maximum atomic E-state index is 12.8. The van der Waals surface area contributed by atoms with Gasteiger partial charge in [-0.15, -0.1) is 0 Å². The van der Waals surface area contributed by atoms with Crippen molar-refractivity contribution in [3.8, 4) is 11.5 Å². The smallest absolute Gasteiger partial charge is 0.255 e.